The van der Waals surface area contributed by atoms with E-state index in [-0.39, 0.29) is 11.3 Å². The molecule has 162 valence electrons. The highest BCUT2D eigenvalue weighted by Crippen LogP contribution is 2.31. The molecular weight excluding hydrogens is 416 g/mol. The number of nitrogens with one attached hydrogen (secondary N) is 1. The Labute approximate surface area is 192 Å². The summed E-state index contributed by atoms with van der Waals surface area (Å²) in [5.41, 5.74) is 4.27. The van der Waals surface area contributed by atoms with Crippen molar-refractivity contribution in [3.05, 3.63) is 95.6 Å². The van der Waals surface area contributed by atoms with E-state index < -0.39 is 0 Å². The monoisotopic (exact) mass is 442 g/mol. The number of carbonyl (C=O) groups is 1. The third kappa shape index (κ3) is 5.62. The highest BCUT2D eigenvalue weighted by Gasteiger charge is 2.15. The molecule has 3 aromatic carbocycles. The molecule has 1 aromatic heterocycles. The fraction of sp³-hybridized carbons (Fsp3) is 0.185. The fourth-order valence-electron chi connectivity index (χ4n) is 3.18. The maximum atomic E-state index is 12.4. The van der Waals surface area contributed by atoms with Crippen molar-refractivity contribution in [1.29, 1.82) is 0 Å². The molecule has 4 nitrogen and oxygen atoms in total. The van der Waals surface area contributed by atoms with Gasteiger partial charge in [-0.1, -0.05) is 80.6 Å². The lowest BCUT2D eigenvalue weighted by molar-refractivity contribution is -0.111. The SMILES string of the molecule is CC(C)(C)c1ccc2nc(NC(=O)/C=C/c3ccc(OCc4ccccc4)cc3)sc2c1. The lowest BCUT2D eigenvalue weighted by atomic mass is 9.87. The molecule has 1 amide bonds. The van der Waals surface area contributed by atoms with E-state index in [1.54, 1.807) is 6.08 Å². The number of ether oxygens (including phenoxy) is 1. The Hall–Kier alpha value is -3.44. The molecule has 4 rings (SSSR count). The minimum atomic E-state index is -0.204. The molecule has 0 saturated heterocycles. The number of benzene rings is 3. The van der Waals surface area contributed by atoms with Crippen molar-refractivity contribution in [3.63, 3.8) is 0 Å². The summed E-state index contributed by atoms with van der Waals surface area (Å²) in [6.07, 6.45) is 3.30. The Kier molecular flexibility index (Phi) is 6.37. The van der Waals surface area contributed by atoms with E-state index in [1.807, 2.05) is 60.7 Å². The van der Waals surface area contributed by atoms with Gasteiger partial charge in [0.25, 0.3) is 0 Å². The molecule has 32 heavy (non-hydrogen) atoms. The summed E-state index contributed by atoms with van der Waals surface area (Å²) >= 11 is 1.49. The molecule has 0 unspecified atom stereocenters. The van der Waals surface area contributed by atoms with Gasteiger partial charge in [-0.3, -0.25) is 10.1 Å². The molecule has 0 fully saturated rings. The number of carbonyl (C=O) groups excluding carboxylic acids is 1. The summed E-state index contributed by atoms with van der Waals surface area (Å²) in [7, 11) is 0. The van der Waals surface area contributed by atoms with Crippen LogP contribution in [0.4, 0.5) is 5.13 Å². The Morgan fingerprint density at radius 3 is 2.50 bits per heavy atom. The van der Waals surface area contributed by atoms with Crippen LogP contribution < -0.4 is 10.1 Å². The predicted octanol–water partition coefficient (Wildman–Crippen LogP) is 6.82. The van der Waals surface area contributed by atoms with Crippen molar-refractivity contribution < 1.29 is 9.53 Å². The van der Waals surface area contributed by atoms with Crippen molar-refractivity contribution in [2.75, 3.05) is 5.32 Å². The van der Waals surface area contributed by atoms with Crippen LogP contribution in [0, 0.1) is 0 Å². The average molecular weight is 443 g/mol. The van der Waals surface area contributed by atoms with Crippen LogP contribution in [0.2, 0.25) is 0 Å². The number of aromatic nitrogens is 1. The van der Waals surface area contributed by atoms with Crippen molar-refractivity contribution in [3.8, 4) is 5.75 Å². The minimum absolute atomic E-state index is 0.0759. The maximum Gasteiger partial charge on any atom is 0.250 e. The van der Waals surface area contributed by atoms with Crippen LogP contribution >= 0.6 is 11.3 Å². The normalized spacial score (nSPS) is 11.7. The number of hydrogen-bond acceptors (Lipinski definition) is 4. The zero-order valence-corrected chi connectivity index (χ0v) is 19.3. The first-order valence-corrected chi connectivity index (χ1v) is 11.4. The largest absolute Gasteiger partial charge is 0.489 e. The number of nitrogens with zero attached hydrogens (tertiary/aromatic N) is 1. The van der Waals surface area contributed by atoms with Gasteiger partial charge >= 0.3 is 0 Å². The van der Waals surface area contributed by atoms with Gasteiger partial charge in [-0.15, -0.1) is 0 Å². The molecule has 0 bridgehead atoms. The van der Waals surface area contributed by atoms with Gasteiger partial charge in [0.2, 0.25) is 5.91 Å². The van der Waals surface area contributed by atoms with Crippen molar-refractivity contribution in [1.82, 2.24) is 4.98 Å². The summed E-state index contributed by atoms with van der Waals surface area (Å²) in [6.45, 7) is 7.08. The summed E-state index contributed by atoms with van der Waals surface area (Å²) in [4.78, 5) is 16.9. The predicted molar refractivity (Wildman–Crippen MR) is 133 cm³/mol. The second kappa shape index (κ2) is 9.37. The van der Waals surface area contributed by atoms with Gasteiger partial charge in [-0.2, -0.15) is 0 Å². The van der Waals surface area contributed by atoms with Gasteiger partial charge in [0.1, 0.15) is 12.4 Å². The second-order valence-corrected chi connectivity index (χ2v) is 9.65. The zero-order chi connectivity index (χ0) is 22.6. The number of hydrogen-bond donors (Lipinski definition) is 1. The first kappa shape index (κ1) is 21.8. The Morgan fingerprint density at radius 2 is 1.78 bits per heavy atom. The van der Waals surface area contributed by atoms with Crippen LogP contribution in [0.25, 0.3) is 16.3 Å². The van der Waals surface area contributed by atoms with Gasteiger partial charge in [-0.05, 0) is 52.4 Å². The van der Waals surface area contributed by atoms with Gasteiger partial charge < -0.3 is 4.74 Å². The molecule has 0 aliphatic heterocycles. The number of rotatable bonds is 6. The lowest BCUT2D eigenvalue weighted by Gasteiger charge is -2.18. The number of anilines is 1. The van der Waals surface area contributed by atoms with E-state index in [0.29, 0.717) is 11.7 Å². The van der Waals surface area contributed by atoms with Crippen LogP contribution in [0.3, 0.4) is 0 Å². The minimum Gasteiger partial charge on any atom is -0.489 e. The maximum absolute atomic E-state index is 12.4. The first-order chi connectivity index (χ1) is 15.4. The summed E-state index contributed by atoms with van der Waals surface area (Å²) in [5.74, 6) is 0.587. The van der Waals surface area contributed by atoms with Crippen molar-refractivity contribution >= 4 is 38.7 Å². The van der Waals surface area contributed by atoms with Crippen LogP contribution in [-0.4, -0.2) is 10.9 Å². The summed E-state index contributed by atoms with van der Waals surface area (Å²) in [6, 6.07) is 24.0. The molecule has 4 aromatic rings. The Bertz CT molecular complexity index is 1240. The van der Waals surface area contributed by atoms with Crippen LogP contribution in [0.15, 0.2) is 78.9 Å². The standard InChI is InChI=1S/C27H26N2O2S/c1-27(2,3)21-12-15-23-24(17-21)32-26(28-23)29-25(30)16-11-19-9-13-22(14-10-19)31-18-20-7-5-4-6-8-20/h4-17H,18H2,1-3H3,(H,28,29,30)/b16-11+. The zero-order valence-electron chi connectivity index (χ0n) is 18.5. The van der Waals surface area contributed by atoms with E-state index in [1.165, 1.54) is 23.0 Å². The van der Waals surface area contributed by atoms with Crippen LogP contribution in [-0.2, 0) is 16.8 Å². The smallest absolute Gasteiger partial charge is 0.250 e. The third-order valence-electron chi connectivity index (χ3n) is 5.04. The highest BCUT2D eigenvalue weighted by atomic mass is 32.1. The lowest BCUT2D eigenvalue weighted by Crippen LogP contribution is -2.10. The van der Waals surface area contributed by atoms with Crippen LogP contribution in [0.1, 0.15) is 37.5 Å². The first-order valence-electron chi connectivity index (χ1n) is 10.5. The second-order valence-electron chi connectivity index (χ2n) is 8.62. The van der Waals surface area contributed by atoms with Gasteiger partial charge in [0.15, 0.2) is 5.13 Å². The van der Waals surface area contributed by atoms with E-state index in [9.17, 15) is 4.79 Å². The molecule has 1 heterocycles. The molecule has 0 saturated carbocycles. The van der Waals surface area contributed by atoms with Gasteiger partial charge in [-0.25, -0.2) is 4.98 Å². The number of amides is 1. The third-order valence-corrected chi connectivity index (χ3v) is 5.97. The van der Waals surface area contributed by atoms with E-state index in [4.69, 9.17) is 4.74 Å². The Balaban J connectivity index is 1.35. The number of fused-ring (bicyclic) bond motifs is 1. The van der Waals surface area contributed by atoms with Crippen LogP contribution in [0.5, 0.6) is 5.75 Å². The van der Waals surface area contributed by atoms with Gasteiger partial charge in [0.05, 0.1) is 10.2 Å². The molecule has 0 atom stereocenters. The molecule has 0 spiro atoms. The van der Waals surface area contributed by atoms with E-state index in [2.05, 4.69) is 43.2 Å². The Morgan fingerprint density at radius 1 is 1.03 bits per heavy atom. The van der Waals surface area contributed by atoms with Crippen molar-refractivity contribution in [2.45, 2.75) is 32.8 Å². The number of thiazole rings is 1. The summed E-state index contributed by atoms with van der Waals surface area (Å²) in [5, 5.41) is 3.47. The van der Waals surface area contributed by atoms with E-state index >= 15 is 0 Å². The van der Waals surface area contributed by atoms with Gasteiger partial charge in [0, 0.05) is 6.08 Å². The highest BCUT2D eigenvalue weighted by molar-refractivity contribution is 7.22. The molecular formula is C27H26N2O2S. The molecule has 0 aliphatic carbocycles. The average Bonchev–Trinajstić information content (AvgIpc) is 3.18. The topological polar surface area (TPSA) is 51.2 Å². The van der Waals surface area contributed by atoms with Crippen molar-refractivity contribution in [2.24, 2.45) is 0 Å². The molecule has 0 aliphatic rings. The molecule has 0 radical (unpaired) electrons. The fourth-order valence-corrected chi connectivity index (χ4v) is 4.09. The van der Waals surface area contributed by atoms with E-state index in [0.717, 1.165) is 27.1 Å². The molecule has 1 N–H and O–H groups in total. The quantitative estimate of drug-likeness (QED) is 0.333. The molecule has 5 heteroatoms. The summed E-state index contributed by atoms with van der Waals surface area (Å²) < 4.78 is 6.87.